The first-order valence-electron chi connectivity index (χ1n) is 8.36. The number of benzene rings is 2. The van der Waals surface area contributed by atoms with Crippen LogP contribution < -0.4 is 10.5 Å². The fourth-order valence-corrected chi connectivity index (χ4v) is 3.92. The highest BCUT2D eigenvalue weighted by Gasteiger charge is 2.20. The summed E-state index contributed by atoms with van der Waals surface area (Å²) in [6.07, 6.45) is 0.478. The fraction of sp³-hybridized carbons (Fsp3) is 0.278. The van der Waals surface area contributed by atoms with Crippen LogP contribution in [0.4, 0.5) is 0 Å². The first-order chi connectivity index (χ1) is 12.9. The molecule has 0 aliphatic heterocycles. The summed E-state index contributed by atoms with van der Waals surface area (Å²) in [6.45, 7) is 2.03. The molecule has 2 rings (SSSR count). The Hall–Kier alpha value is -2.27. The second-order valence-corrected chi connectivity index (χ2v) is 10.2. The molecule has 152 valence electrons. The average molecular weight is 426 g/mol. The van der Waals surface area contributed by atoms with E-state index in [0.29, 0.717) is 18.5 Å². The van der Waals surface area contributed by atoms with Crippen LogP contribution in [0.3, 0.4) is 0 Å². The van der Waals surface area contributed by atoms with E-state index in [4.69, 9.17) is 5.14 Å². The van der Waals surface area contributed by atoms with Gasteiger partial charge in [0.2, 0.25) is 20.0 Å². The van der Waals surface area contributed by atoms with Crippen molar-refractivity contribution in [3.63, 3.8) is 0 Å². The molecule has 2 aromatic rings. The lowest BCUT2D eigenvalue weighted by atomic mass is 10.1. The molecule has 0 aromatic heterocycles. The number of sulfonamides is 2. The van der Waals surface area contributed by atoms with Gasteiger partial charge in [-0.3, -0.25) is 4.79 Å². The molecule has 0 saturated heterocycles. The van der Waals surface area contributed by atoms with E-state index in [1.807, 2.05) is 0 Å². The molecule has 0 aliphatic rings. The minimum absolute atomic E-state index is 0.0230. The van der Waals surface area contributed by atoms with E-state index in [-0.39, 0.29) is 21.3 Å². The molecule has 0 heterocycles. The molecule has 8 nitrogen and oxygen atoms in total. The van der Waals surface area contributed by atoms with Crippen LogP contribution in [0.15, 0.2) is 52.3 Å². The van der Waals surface area contributed by atoms with Gasteiger partial charge in [-0.25, -0.2) is 26.3 Å². The Morgan fingerprint density at radius 3 is 2.11 bits per heavy atom. The van der Waals surface area contributed by atoms with Crippen LogP contribution in [0, 0.1) is 6.92 Å². The number of rotatable bonds is 7. The van der Waals surface area contributed by atoms with Gasteiger partial charge in [0.1, 0.15) is 0 Å². The first kappa shape index (κ1) is 22.0. The summed E-state index contributed by atoms with van der Waals surface area (Å²) in [6, 6.07) is 10.5. The predicted octanol–water partition coefficient (Wildman–Crippen LogP) is 0.865. The van der Waals surface area contributed by atoms with Gasteiger partial charge in [0, 0.05) is 26.2 Å². The molecule has 0 radical (unpaired) electrons. The second kappa shape index (κ2) is 8.39. The van der Waals surface area contributed by atoms with Crippen molar-refractivity contribution < 1.29 is 21.6 Å². The number of amides is 1. The lowest BCUT2D eigenvalue weighted by Crippen LogP contribution is -2.27. The number of nitrogens with two attached hydrogens (primary N) is 1. The largest absolute Gasteiger partial charge is 0.352 e. The van der Waals surface area contributed by atoms with Crippen molar-refractivity contribution in [1.29, 1.82) is 0 Å². The van der Waals surface area contributed by atoms with Gasteiger partial charge in [-0.1, -0.05) is 18.2 Å². The number of hydrogen-bond donors (Lipinski definition) is 2. The van der Waals surface area contributed by atoms with Crippen molar-refractivity contribution in [1.82, 2.24) is 9.62 Å². The molecule has 0 spiro atoms. The lowest BCUT2D eigenvalue weighted by molar-refractivity contribution is 0.0953. The summed E-state index contributed by atoms with van der Waals surface area (Å²) in [5.41, 5.74) is 1.77. The monoisotopic (exact) mass is 425 g/mol. The summed E-state index contributed by atoms with van der Waals surface area (Å²) >= 11 is 0. The number of carbonyl (C=O) groups excluding carboxylic acids is 1. The maximum absolute atomic E-state index is 12.5. The smallest absolute Gasteiger partial charge is 0.251 e. The highest BCUT2D eigenvalue weighted by atomic mass is 32.2. The molecular formula is C18H23N3O5S2. The Morgan fingerprint density at radius 2 is 1.57 bits per heavy atom. The lowest BCUT2D eigenvalue weighted by Gasteiger charge is -2.14. The van der Waals surface area contributed by atoms with Gasteiger partial charge in [-0.05, 0) is 48.7 Å². The van der Waals surface area contributed by atoms with Crippen LogP contribution in [0.5, 0.6) is 0 Å². The number of aryl methyl sites for hydroxylation is 1. The van der Waals surface area contributed by atoms with Gasteiger partial charge in [0.15, 0.2) is 0 Å². The molecule has 3 N–H and O–H groups in total. The Bertz CT molecular complexity index is 1080. The van der Waals surface area contributed by atoms with E-state index >= 15 is 0 Å². The minimum atomic E-state index is -3.74. The fourth-order valence-electron chi connectivity index (χ4n) is 2.48. The van der Waals surface area contributed by atoms with E-state index in [1.54, 1.807) is 25.1 Å². The Labute approximate surface area is 165 Å². The average Bonchev–Trinajstić information content (AvgIpc) is 2.61. The molecule has 2 aromatic carbocycles. The Balaban J connectivity index is 2.07. The molecule has 0 saturated carbocycles. The zero-order valence-corrected chi connectivity index (χ0v) is 17.5. The van der Waals surface area contributed by atoms with Crippen molar-refractivity contribution in [2.45, 2.75) is 23.1 Å². The van der Waals surface area contributed by atoms with Crippen molar-refractivity contribution in [2.24, 2.45) is 5.14 Å². The quantitative estimate of drug-likeness (QED) is 0.680. The molecule has 0 unspecified atom stereocenters. The number of primary sulfonamides is 1. The Kier molecular flexibility index (Phi) is 6.60. The van der Waals surface area contributed by atoms with Gasteiger partial charge >= 0.3 is 0 Å². The molecule has 28 heavy (non-hydrogen) atoms. The molecule has 0 fully saturated rings. The summed E-state index contributed by atoms with van der Waals surface area (Å²) in [4.78, 5) is 12.5. The predicted molar refractivity (Wildman–Crippen MR) is 106 cm³/mol. The number of carbonyl (C=O) groups is 1. The summed E-state index contributed by atoms with van der Waals surface area (Å²) < 4.78 is 48.1. The summed E-state index contributed by atoms with van der Waals surface area (Å²) in [5, 5.41) is 7.81. The van der Waals surface area contributed by atoms with E-state index in [1.165, 1.54) is 38.4 Å². The number of hydrogen-bond acceptors (Lipinski definition) is 5. The van der Waals surface area contributed by atoms with Gasteiger partial charge in [0.25, 0.3) is 5.91 Å². The standard InChI is InChI=1S/C18H23N3O5S2/c1-13-4-7-16(28(25,26)21(2)3)12-17(13)18(22)20-11-10-14-5-8-15(9-6-14)27(19,23)24/h4-9,12H,10-11H2,1-3H3,(H,20,22)(H2,19,23,24). The molecular weight excluding hydrogens is 402 g/mol. The van der Waals surface area contributed by atoms with E-state index < -0.39 is 20.0 Å². The van der Waals surface area contributed by atoms with Crippen LogP contribution in [-0.2, 0) is 26.5 Å². The van der Waals surface area contributed by atoms with Gasteiger partial charge in [-0.2, -0.15) is 0 Å². The van der Waals surface area contributed by atoms with Crippen molar-refractivity contribution in [2.75, 3.05) is 20.6 Å². The first-order valence-corrected chi connectivity index (χ1v) is 11.3. The molecule has 10 heteroatoms. The van der Waals surface area contributed by atoms with Crippen molar-refractivity contribution in [3.8, 4) is 0 Å². The second-order valence-electron chi connectivity index (χ2n) is 6.46. The SMILES string of the molecule is Cc1ccc(S(=O)(=O)N(C)C)cc1C(=O)NCCc1ccc(S(N)(=O)=O)cc1. The molecule has 0 bridgehead atoms. The van der Waals surface area contributed by atoms with Gasteiger partial charge in [-0.15, -0.1) is 0 Å². The topological polar surface area (TPSA) is 127 Å². The van der Waals surface area contributed by atoms with Crippen LogP contribution in [0.2, 0.25) is 0 Å². The van der Waals surface area contributed by atoms with Crippen molar-refractivity contribution in [3.05, 3.63) is 59.2 Å². The highest BCUT2D eigenvalue weighted by molar-refractivity contribution is 7.89. The number of nitrogens with one attached hydrogen (secondary N) is 1. The third-order valence-corrected chi connectivity index (χ3v) is 6.92. The van der Waals surface area contributed by atoms with E-state index in [0.717, 1.165) is 9.87 Å². The third-order valence-electron chi connectivity index (χ3n) is 4.18. The maximum atomic E-state index is 12.5. The highest BCUT2D eigenvalue weighted by Crippen LogP contribution is 2.18. The third kappa shape index (κ3) is 5.16. The normalized spacial score (nSPS) is 12.2. The van der Waals surface area contributed by atoms with Crippen LogP contribution in [0.25, 0.3) is 0 Å². The van der Waals surface area contributed by atoms with Crippen LogP contribution in [0.1, 0.15) is 21.5 Å². The molecule has 1 amide bonds. The molecule has 0 aliphatic carbocycles. The van der Waals surface area contributed by atoms with Gasteiger partial charge < -0.3 is 5.32 Å². The van der Waals surface area contributed by atoms with Gasteiger partial charge in [0.05, 0.1) is 9.79 Å². The van der Waals surface area contributed by atoms with E-state index in [2.05, 4.69) is 5.32 Å². The van der Waals surface area contributed by atoms with Crippen molar-refractivity contribution >= 4 is 26.0 Å². The summed E-state index contributed by atoms with van der Waals surface area (Å²) in [5.74, 6) is -0.380. The Morgan fingerprint density at radius 1 is 1.00 bits per heavy atom. The van der Waals surface area contributed by atoms with E-state index in [9.17, 15) is 21.6 Å². The van der Waals surface area contributed by atoms with Crippen LogP contribution in [-0.4, -0.2) is 47.7 Å². The zero-order valence-electron chi connectivity index (χ0n) is 15.8. The number of nitrogens with zero attached hydrogens (tertiary/aromatic N) is 1. The van der Waals surface area contributed by atoms with Crippen LogP contribution >= 0.6 is 0 Å². The summed E-state index contributed by atoms with van der Waals surface area (Å²) in [7, 11) is -4.52. The minimum Gasteiger partial charge on any atom is -0.352 e. The molecule has 0 atom stereocenters. The zero-order chi connectivity index (χ0) is 21.1. The maximum Gasteiger partial charge on any atom is 0.251 e.